The van der Waals surface area contributed by atoms with Gasteiger partial charge in [-0.15, -0.1) is 18.4 Å². The molecule has 0 amide bonds. The van der Waals surface area contributed by atoms with Crippen molar-refractivity contribution in [2.45, 2.75) is 45.2 Å². The van der Waals surface area contributed by atoms with E-state index < -0.39 is 8.32 Å². The molecule has 0 aliphatic carbocycles. The van der Waals surface area contributed by atoms with E-state index in [1.807, 2.05) is 5.70 Å². The lowest BCUT2D eigenvalue weighted by Crippen LogP contribution is -2.27. The molecule has 0 spiro atoms. The summed E-state index contributed by atoms with van der Waals surface area (Å²) < 4.78 is 5.82. The Balaban J connectivity index is 2.02. The summed E-state index contributed by atoms with van der Waals surface area (Å²) in [7, 11) is -1.58. The van der Waals surface area contributed by atoms with Crippen molar-refractivity contribution in [2.75, 3.05) is 6.61 Å². The summed E-state index contributed by atoms with van der Waals surface area (Å²) in [4.78, 5) is 0. The molecular weight excluding hydrogens is 260 g/mol. The van der Waals surface area contributed by atoms with Crippen LogP contribution in [0.25, 0.3) is 0 Å². The Morgan fingerprint density at radius 3 is 2.40 bits per heavy atom. The fourth-order valence-corrected chi connectivity index (χ4v) is 2.55. The smallest absolute Gasteiger partial charge is 0.210 e. The SMILES string of the molecule is C=C[Si](C)(C)OCCCC#CCCCc1ccccc1. The molecule has 1 aromatic rings. The minimum absolute atomic E-state index is 0.809. The summed E-state index contributed by atoms with van der Waals surface area (Å²) >= 11 is 0. The van der Waals surface area contributed by atoms with Gasteiger partial charge in [-0.3, -0.25) is 0 Å². The summed E-state index contributed by atoms with van der Waals surface area (Å²) in [5.41, 5.74) is 3.38. The molecule has 20 heavy (non-hydrogen) atoms. The highest BCUT2D eigenvalue weighted by Gasteiger charge is 2.15. The van der Waals surface area contributed by atoms with E-state index in [1.165, 1.54) is 5.56 Å². The van der Waals surface area contributed by atoms with Crippen LogP contribution in [0.3, 0.4) is 0 Å². The second-order valence-corrected chi connectivity index (χ2v) is 9.36. The number of rotatable bonds is 8. The van der Waals surface area contributed by atoms with Crippen molar-refractivity contribution in [2.24, 2.45) is 0 Å². The van der Waals surface area contributed by atoms with Gasteiger partial charge in [0.05, 0.1) is 0 Å². The van der Waals surface area contributed by atoms with Crippen LogP contribution in [-0.2, 0) is 10.8 Å². The van der Waals surface area contributed by atoms with Gasteiger partial charge in [-0.05, 0) is 37.9 Å². The lowest BCUT2D eigenvalue weighted by molar-refractivity contribution is 0.310. The third kappa shape index (κ3) is 7.99. The molecule has 0 aromatic heterocycles. The van der Waals surface area contributed by atoms with E-state index in [0.29, 0.717) is 0 Å². The molecule has 0 radical (unpaired) electrons. The molecule has 2 heteroatoms. The first-order valence-electron chi connectivity index (χ1n) is 7.41. The quantitative estimate of drug-likeness (QED) is 0.381. The zero-order valence-electron chi connectivity index (χ0n) is 12.8. The molecule has 0 aliphatic rings. The zero-order chi connectivity index (χ0) is 14.7. The van der Waals surface area contributed by atoms with Crippen LogP contribution in [0.15, 0.2) is 42.6 Å². The van der Waals surface area contributed by atoms with E-state index in [-0.39, 0.29) is 0 Å². The molecule has 0 saturated carbocycles. The van der Waals surface area contributed by atoms with Gasteiger partial charge in [-0.1, -0.05) is 36.0 Å². The molecule has 1 aromatic carbocycles. The molecule has 0 heterocycles. The molecule has 1 nitrogen and oxygen atoms in total. The van der Waals surface area contributed by atoms with Crippen LogP contribution in [0.4, 0.5) is 0 Å². The standard InChI is InChI=1S/C18H26OSi/c1-4-20(2,3)19-17-13-8-6-5-7-10-14-18-15-11-9-12-16-18/h4,9,11-12,15-16H,1,7-8,10,13-14,17H2,2-3H3. The normalized spacial score (nSPS) is 10.7. The fourth-order valence-electron chi connectivity index (χ4n) is 1.76. The maximum Gasteiger partial charge on any atom is 0.210 e. The van der Waals surface area contributed by atoms with Gasteiger partial charge in [0.25, 0.3) is 0 Å². The highest BCUT2D eigenvalue weighted by Crippen LogP contribution is 2.06. The number of benzene rings is 1. The molecular formula is C18H26OSi. The van der Waals surface area contributed by atoms with Crippen LogP contribution in [0.1, 0.15) is 31.2 Å². The van der Waals surface area contributed by atoms with Crippen LogP contribution in [0.2, 0.25) is 13.1 Å². The average molecular weight is 286 g/mol. The highest BCUT2D eigenvalue weighted by molar-refractivity contribution is 6.76. The molecule has 0 fully saturated rings. The van der Waals surface area contributed by atoms with Gasteiger partial charge < -0.3 is 4.43 Å². The maximum atomic E-state index is 5.82. The monoisotopic (exact) mass is 286 g/mol. The summed E-state index contributed by atoms with van der Waals surface area (Å²) in [6, 6.07) is 10.6. The number of hydrogen-bond donors (Lipinski definition) is 0. The lowest BCUT2D eigenvalue weighted by Gasteiger charge is -2.17. The van der Waals surface area contributed by atoms with Crippen molar-refractivity contribution in [1.82, 2.24) is 0 Å². The van der Waals surface area contributed by atoms with Crippen molar-refractivity contribution in [3.05, 3.63) is 48.2 Å². The van der Waals surface area contributed by atoms with E-state index in [2.05, 4.69) is 61.8 Å². The first-order chi connectivity index (χ1) is 9.64. The molecule has 0 bridgehead atoms. The van der Waals surface area contributed by atoms with Crippen LogP contribution in [0.5, 0.6) is 0 Å². The summed E-state index contributed by atoms with van der Waals surface area (Å²) in [6.45, 7) is 8.95. The van der Waals surface area contributed by atoms with Gasteiger partial charge in [0.15, 0.2) is 0 Å². The Kier molecular flexibility index (Phi) is 8.02. The molecule has 0 unspecified atom stereocenters. The van der Waals surface area contributed by atoms with Crippen molar-refractivity contribution < 1.29 is 4.43 Å². The highest BCUT2D eigenvalue weighted by atomic mass is 28.4. The average Bonchev–Trinajstić information content (AvgIpc) is 2.46. The van der Waals surface area contributed by atoms with E-state index in [0.717, 1.165) is 38.7 Å². The Labute approximate surface area is 125 Å². The van der Waals surface area contributed by atoms with E-state index in [1.54, 1.807) is 0 Å². The van der Waals surface area contributed by atoms with Crippen LogP contribution >= 0.6 is 0 Å². The number of hydrogen-bond acceptors (Lipinski definition) is 1. The molecule has 0 atom stereocenters. The molecule has 0 saturated heterocycles. The predicted octanol–water partition coefficient (Wildman–Crippen LogP) is 4.74. The molecule has 0 aliphatic heterocycles. The Morgan fingerprint density at radius 2 is 1.75 bits per heavy atom. The topological polar surface area (TPSA) is 9.23 Å². The fraction of sp³-hybridized carbons (Fsp3) is 0.444. The van der Waals surface area contributed by atoms with E-state index in [9.17, 15) is 0 Å². The van der Waals surface area contributed by atoms with Crippen molar-refractivity contribution in [1.29, 1.82) is 0 Å². The Hall–Kier alpha value is -1.30. The third-order valence-corrected chi connectivity index (χ3v) is 5.08. The van der Waals surface area contributed by atoms with Gasteiger partial charge in [0, 0.05) is 19.4 Å². The van der Waals surface area contributed by atoms with E-state index >= 15 is 0 Å². The predicted molar refractivity (Wildman–Crippen MR) is 90.0 cm³/mol. The maximum absolute atomic E-state index is 5.82. The third-order valence-electron chi connectivity index (χ3n) is 3.15. The molecule has 1 rings (SSSR count). The number of aryl methyl sites for hydroxylation is 1. The molecule has 0 N–H and O–H groups in total. The summed E-state index contributed by atoms with van der Waals surface area (Å²) in [5.74, 6) is 6.49. The van der Waals surface area contributed by atoms with Crippen molar-refractivity contribution in [3.8, 4) is 11.8 Å². The van der Waals surface area contributed by atoms with Gasteiger partial charge in [0.1, 0.15) is 0 Å². The Bertz CT molecular complexity index is 439. The van der Waals surface area contributed by atoms with Crippen molar-refractivity contribution in [3.63, 3.8) is 0 Å². The zero-order valence-corrected chi connectivity index (χ0v) is 13.8. The van der Waals surface area contributed by atoms with Gasteiger partial charge >= 0.3 is 0 Å². The van der Waals surface area contributed by atoms with Gasteiger partial charge in [-0.2, -0.15) is 0 Å². The summed E-state index contributed by atoms with van der Waals surface area (Å²) in [5, 5.41) is 0. The lowest BCUT2D eigenvalue weighted by atomic mass is 10.1. The second-order valence-electron chi connectivity index (χ2n) is 5.45. The molecule has 108 valence electrons. The van der Waals surface area contributed by atoms with Crippen LogP contribution in [0, 0.1) is 11.8 Å². The van der Waals surface area contributed by atoms with Gasteiger partial charge in [0.2, 0.25) is 8.32 Å². The minimum atomic E-state index is -1.58. The van der Waals surface area contributed by atoms with E-state index in [4.69, 9.17) is 4.43 Å². The van der Waals surface area contributed by atoms with Crippen LogP contribution < -0.4 is 0 Å². The largest absolute Gasteiger partial charge is 0.413 e. The van der Waals surface area contributed by atoms with Crippen molar-refractivity contribution >= 4 is 8.32 Å². The minimum Gasteiger partial charge on any atom is -0.413 e. The first-order valence-corrected chi connectivity index (χ1v) is 10.4. The van der Waals surface area contributed by atoms with Gasteiger partial charge in [-0.25, -0.2) is 0 Å². The van der Waals surface area contributed by atoms with Crippen LogP contribution in [-0.4, -0.2) is 14.9 Å². The number of unbranched alkanes of at least 4 members (excludes halogenated alkanes) is 2. The summed E-state index contributed by atoms with van der Waals surface area (Å²) in [6.07, 6.45) is 5.22. The second kappa shape index (κ2) is 9.58. The Morgan fingerprint density at radius 1 is 1.10 bits per heavy atom. The first kappa shape index (κ1) is 16.8.